The Labute approximate surface area is 160 Å². The van der Waals surface area contributed by atoms with Gasteiger partial charge in [-0.15, -0.1) is 10.2 Å². The molecule has 3 aromatic rings. The van der Waals surface area contributed by atoms with Gasteiger partial charge in [-0.3, -0.25) is 9.59 Å². The van der Waals surface area contributed by atoms with E-state index < -0.39 is 0 Å². The largest absolute Gasteiger partial charge is 0.469 e. The zero-order valence-corrected chi connectivity index (χ0v) is 16.0. The lowest BCUT2D eigenvalue weighted by Gasteiger charge is -2.06. The summed E-state index contributed by atoms with van der Waals surface area (Å²) in [5.74, 6) is 1.43. The Hall–Kier alpha value is -2.87. The van der Waals surface area contributed by atoms with Gasteiger partial charge in [-0.05, 0) is 43.7 Å². The first kappa shape index (κ1) is 17.5. The second-order valence-corrected chi connectivity index (χ2v) is 7.42. The SMILES string of the molecule is Cc1occc1-c1nnc(SCC(=O)c2ccc3c(c2)[C@H](C)C(=O)N3)n1C. The normalized spacial score (nSPS) is 15.7. The summed E-state index contributed by atoms with van der Waals surface area (Å²) in [4.78, 5) is 24.4. The molecule has 8 heteroatoms. The van der Waals surface area contributed by atoms with Gasteiger partial charge in [-0.1, -0.05) is 11.8 Å². The van der Waals surface area contributed by atoms with Crippen LogP contribution in [0.4, 0.5) is 5.69 Å². The Morgan fingerprint density at radius 3 is 2.89 bits per heavy atom. The molecule has 0 unspecified atom stereocenters. The first-order chi connectivity index (χ1) is 13.0. The Kier molecular flexibility index (Phi) is 4.35. The molecule has 0 bridgehead atoms. The molecular weight excluding hydrogens is 364 g/mol. The van der Waals surface area contributed by atoms with Crippen LogP contribution in [0.3, 0.4) is 0 Å². The monoisotopic (exact) mass is 382 g/mol. The van der Waals surface area contributed by atoms with Crippen LogP contribution in [0.15, 0.2) is 40.1 Å². The van der Waals surface area contributed by atoms with Gasteiger partial charge in [0.2, 0.25) is 5.91 Å². The summed E-state index contributed by atoms with van der Waals surface area (Å²) in [6.07, 6.45) is 1.62. The Morgan fingerprint density at radius 1 is 1.33 bits per heavy atom. The van der Waals surface area contributed by atoms with Gasteiger partial charge in [0.1, 0.15) is 5.76 Å². The molecule has 0 radical (unpaired) electrons. The molecule has 7 nitrogen and oxygen atoms in total. The Bertz CT molecular complexity index is 1050. The summed E-state index contributed by atoms with van der Waals surface area (Å²) < 4.78 is 7.17. The van der Waals surface area contributed by atoms with Gasteiger partial charge in [-0.2, -0.15) is 0 Å². The van der Waals surface area contributed by atoms with Crippen LogP contribution in [0.5, 0.6) is 0 Å². The number of hydrogen-bond acceptors (Lipinski definition) is 6. The first-order valence-electron chi connectivity index (χ1n) is 8.50. The molecule has 1 aromatic carbocycles. The highest BCUT2D eigenvalue weighted by Gasteiger charge is 2.27. The number of anilines is 1. The van der Waals surface area contributed by atoms with Gasteiger partial charge in [0.25, 0.3) is 0 Å². The third-order valence-electron chi connectivity index (χ3n) is 4.76. The Morgan fingerprint density at radius 2 is 2.15 bits per heavy atom. The number of Topliss-reactive ketones (excluding diaryl/α,β-unsaturated/α-hetero) is 1. The second-order valence-electron chi connectivity index (χ2n) is 6.48. The van der Waals surface area contributed by atoms with Crippen LogP contribution in [-0.4, -0.2) is 32.2 Å². The maximum atomic E-state index is 12.6. The fourth-order valence-electron chi connectivity index (χ4n) is 3.10. The lowest BCUT2D eigenvalue weighted by Crippen LogP contribution is -2.08. The van der Waals surface area contributed by atoms with E-state index in [0.717, 1.165) is 22.6 Å². The summed E-state index contributed by atoms with van der Waals surface area (Å²) in [7, 11) is 1.86. The number of nitrogens with zero attached hydrogens (tertiary/aromatic N) is 3. The fourth-order valence-corrected chi connectivity index (χ4v) is 3.90. The van der Waals surface area contributed by atoms with Crippen LogP contribution in [0.1, 0.15) is 34.5 Å². The van der Waals surface area contributed by atoms with E-state index in [0.29, 0.717) is 16.5 Å². The standard InChI is InChI=1S/C19H18N4O3S/c1-10-14-8-12(4-5-15(14)20-18(10)25)16(24)9-27-19-22-21-17(23(19)3)13-6-7-26-11(13)2/h4-8,10H,9H2,1-3H3,(H,20,25)/t10-/m0/s1. The predicted octanol–water partition coefficient (Wildman–Crippen LogP) is 3.41. The smallest absolute Gasteiger partial charge is 0.231 e. The lowest BCUT2D eigenvalue weighted by atomic mass is 9.99. The maximum absolute atomic E-state index is 12.6. The highest BCUT2D eigenvalue weighted by molar-refractivity contribution is 7.99. The number of benzene rings is 1. The number of rotatable bonds is 5. The third kappa shape index (κ3) is 3.06. The molecule has 4 rings (SSSR count). The average Bonchev–Trinajstić information content (AvgIpc) is 3.31. The minimum Gasteiger partial charge on any atom is -0.469 e. The molecular formula is C19H18N4O3S. The summed E-state index contributed by atoms with van der Waals surface area (Å²) in [5, 5.41) is 11.9. The molecule has 2 aromatic heterocycles. The van der Waals surface area contributed by atoms with Gasteiger partial charge < -0.3 is 14.3 Å². The van der Waals surface area contributed by atoms with Crippen LogP contribution in [0.25, 0.3) is 11.4 Å². The number of nitrogens with one attached hydrogen (secondary N) is 1. The van der Waals surface area contributed by atoms with Crippen molar-refractivity contribution < 1.29 is 14.0 Å². The van der Waals surface area contributed by atoms with Crippen molar-refractivity contribution in [3.8, 4) is 11.4 Å². The summed E-state index contributed by atoms with van der Waals surface area (Å²) in [6.45, 7) is 3.71. The second kappa shape index (κ2) is 6.70. The highest BCUT2D eigenvalue weighted by atomic mass is 32.2. The number of hydrogen-bond donors (Lipinski definition) is 1. The summed E-state index contributed by atoms with van der Waals surface area (Å²) in [5.41, 5.74) is 3.13. The molecule has 1 amide bonds. The first-order valence-corrected chi connectivity index (χ1v) is 9.49. The van der Waals surface area contributed by atoms with Crippen LogP contribution < -0.4 is 5.32 Å². The van der Waals surface area contributed by atoms with E-state index in [1.54, 1.807) is 24.5 Å². The zero-order chi connectivity index (χ0) is 19.1. The number of ketones is 1. The van der Waals surface area contributed by atoms with Gasteiger partial charge in [-0.25, -0.2) is 0 Å². The zero-order valence-electron chi connectivity index (χ0n) is 15.1. The van der Waals surface area contributed by atoms with Crippen molar-refractivity contribution in [1.82, 2.24) is 14.8 Å². The van der Waals surface area contributed by atoms with Crippen LogP contribution in [-0.2, 0) is 11.8 Å². The molecule has 1 aliphatic heterocycles. The number of thioether (sulfide) groups is 1. The molecule has 3 heterocycles. The van der Waals surface area contributed by atoms with Crippen LogP contribution in [0, 0.1) is 6.92 Å². The highest BCUT2D eigenvalue weighted by Crippen LogP contribution is 2.33. The van der Waals surface area contributed by atoms with E-state index in [2.05, 4.69) is 15.5 Å². The van der Waals surface area contributed by atoms with E-state index in [4.69, 9.17) is 4.42 Å². The van der Waals surface area contributed by atoms with Crippen molar-refractivity contribution in [2.45, 2.75) is 24.9 Å². The molecule has 0 saturated heterocycles. The molecule has 1 atom stereocenters. The Balaban J connectivity index is 1.49. The van der Waals surface area contributed by atoms with Crippen molar-refractivity contribution in [1.29, 1.82) is 0 Å². The van der Waals surface area contributed by atoms with Gasteiger partial charge in [0, 0.05) is 18.3 Å². The summed E-state index contributed by atoms with van der Waals surface area (Å²) in [6, 6.07) is 7.19. The van der Waals surface area contributed by atoms with E-state index in [1.165, 1.54) is 11.8 Å². The molecule has 27 heavy (non-hydrogen) atoms. The molecule has 1 aliphatic rings. The molecule has 0 spiro atoms. The topological polar surface area (TPSA) is 90.0 Å². The van der Waals surface area contributed by atoms with Gasteiger partial charge in [0.05, 0.1) is 23.5 Å². The van der Waals surface area contributed by atoms with E-state index in [1.807, 2.05) is 31.5 Å². The number of carbonyl (C=O) groups excluding carboxylic acids is 2. The van der Waals surface area contributed by atoms with Gasteiger partial charge >= 0.3 is 0 Å². The third-order valence-corrected chi connectivity index (χ3v) is 5.78. The average molecular weight is 382 g/mol. The quantitative estimate of drug-likeness (QED) is 0.537. The molecule has 0 aliphatic carbocycles. The predicted molar refractivity (Wildman–Crippen MR) is 102 cm³/mol. The number of furan rings is 1. The van der Waals surface area contributed by atoms with Crippen molar-refractivity contribution in [3.63, 3.8) is 0 Å². The molecule has 0 fully saturated rings. The molecule has 138 valence electrons. The fraction of sp³-hybridized carbons (Fsp3) is 0.263. The van der Waals surface area contributed by atoms with E-state index in [9.17, 15) is 9.59 Å². The van der Waals surface area contributed by atoms with Crippen LogP contribution >= 0.6 is 11.8 Å². The summed E-state index contributed by atoms with van der Waals surface area (Å²) >= 11 is 1.34. The molecule has 0 saturated carbocycles. The van der Waals surface area contributed by atoms with E-state index in [-0.39, 0.29) is 23.4 Å². The number of aryl methyl sites for hydroxylation is 1. The number of amides is 1. The number of fused-ring (bicyclic) bond motifs is 1. The lowest BCUT2D eigenvalue weighted by molar-refractivity contribution is -0.116. The van der Waals surface area contributed by atoms with Gasteiger partial charge in [0.15, 0.2) is 16.8 Å². The number of carbonyl (C=O) groups is 2. The van der Waals surface area contributed by atoms with Crippen molar-refractivity contribution in [2.24, 2.45) is 7.05 Å². The van der Waals surface area contributed by atoms with Crippen molar-refractivity contribution >= 4 is 29.1 Å². The minimum absolute atomic E-state index is 0.0154. The minimum atomic E-state index is -0.236. The number of aromatic nitrogens is 3. The van der Waals surface area contributed by atoms with E-state index >= 15 is 0 Å². The maximum Gasteiger partial charge on any atom is 0.231 e. The van der Waals surface area contributed by atoms with Crippen molar-refractivity contribution in [2.75, 3.05) is 11.1 Å². The van der Waals surface area contributed by atoms with Crippen LogP contribution in [0.2, 0.25) is 0 Å². The van der Waals surface area contributed by atoms with Crippen molar-refractivity contribution in [3.05, 3.63) is 47.4 Å². The molecule has 1 N–H and O–H groups in total.